The van der Waals surface area contributed by atoms with Crippen LogP contribution in [0.25, 0.3) is 22.3 Å². The van der Waals surface area contributed by atoms with E-state index in [1.807, 2.05) is 0 Å². The van der Waals surface area contributed by atoms with Crippen LogP contribution in [-0.2, 0) is 36.7 Å². The fourth-order valence-electron chi connectivity index (χ4n) is 5.46. The van der Waals surface area contributed by atoms with Crippen molar-refractivity contribution < 1.29 is 51.6 Å². The molecule has 3 aliphatic heterocycles. The van der Waals surface area contributed by atoms with Crippen molar-refractivity contribution in [3.63, 3.8) is 0 Å². The number of aliphatic hydroxyl groups excluding tert-OH is 1. The first-order valence-electron chi connectivity index (χ1n) is 13.2. The number of phosphoric ester groups is 2. The molecule has 0 amide bonds. The van der Waals surface area contributed by atoms with E-state index in [2.05, 4.69) is 29.9 Å². The van der Waals surface area contributed by atoms with Crippen LogP contribution >= 0.6 is 15.6 Å². The number of H-pyrrole nitrogens is 2. The molecule has 0 aromatic carbocycles. The van der Waals surface area contributed by atoms with E-state index >= 15 is 0 Å². The number of aliphatic hydroxyl groups is 1. The third-order valence-corrected chi connectivity index (χ3v) is 9.43. The van der Waals surface area contributed by atoms with Crippen LogP contribution in [0.15, 0.2) is 22.2 Å². The van der Waals surface area contributed by atoms with Gasteiger partial charge in [-0.2, -0.15) is 9.97 Å². The van der Waals surface area contributed by atoms with E-state index in [9.17, 15) is 33.6 Å². The van der Waals surface area contributed by atoms with Gasteiger partial charge in [0.05, 0.1) is 31.9 Å². The molecule has 2 unspecified atom stereocenters. The quantitative estimate of drug-likeness (QED) is 0.0967. The summed E-state index contributed by atoms with van der Waals surface area (Å²) in [4.78, 5) is 66.2. The van der Waals surface area contributed by atoms with Crippen molar-refractivity contribution >= 4 is 49.9 Å². The third-order valence-electron chi connectivity index (χ3n) is 7.46. The molecule has 7 rings (SSSR count). The van der Waals surface area contributed by atoms with E-state index in [0.29, 0.717) is 0 Å². The van der Waals surface area contributed by atoms with Crippen molar-refractivity contribution in [2.24, 2.45) is 5.73 Å². The van der Waals surface area contributed by atoms with Gasteiger partial charge in [0.15, 0.2) is 34.8 Å². The number of nitrogens with one attached hydrogen (secondary N) is 2. The molecule has 7 heterocycles. The van der Waals surface area contributed by atoms with Gasteiger partial charge in [0.25, 0.3) is 11.1 Å². The van der Waals surface area contributed by atoms with Gasteiger partial charge in [-0.15, -0.1) is 0 Å². The second-order valence-corrected chi connectivity index (χ2v) is 13.2. The Bertz CT molecular complexity index is 1900. The molecule has 46 heavy (non-hydrogen) atoms. The summed E-state index contributed by atoms with van der Waals surface area (Å²) < 4.78 is 61.2. The van der Waals surface area contributed by atoms with Crippen molar-refractivity contribution in [2.45, 2.75) is 49.0 Å². The highest BCUT2D eigenvalue weighted by molar-refractivity contribution is 7.47. The molecular formula is C20H25N11O13P2. The molecule has 3 aliphatic rings. The average Bonchev–Trinajstić information content (AvgIpc) is 3.72. The Kier molecular flexibility index (Phi) is 7.39. The van der Waals surface area contributed by atoms with Gasteiger partial charge in [-0.1, -0.05) is 0 Å². The highest BCUT2D eigenvalue weighted by Gasteiger charge is 2.53. The van der Waals surface area contributed by atoms with Crippen LogP contribution in [0.3, 0.4) is 0 Å². The molecule has 26 heteroatoms. The van der Waals surface area contributed by atoms with Crippen molar-refractivity contribution in [3.8, 4) is 0 Å². The van der Waals surface area contributed by atoms with Gasteiger partial charge in [0.1, 0.15) is 30.5 Å². The molecule has 4 aromatic heterocycles. The molecular weight excluding hydrogens is 664 g/mol. The number of nitrogens with zero attached hydrogens (tertiary/aromatic N) is 6. The molecule has 0 spiro atoms. The largest absolute Gasteiger partial charge is 0.472 e. The second-order valence-electron chi connectivity index (χ2n) is 10.4. The molecule has 4 aromatic rings. The topological polar surface area (TPSA) is 355 Å². The van der Waals surface area contributed by atoms with Crippen LogP contribution in [-0.4, -0.2) is 104 Å². The second kappa shape index (κ2) is 11.0. The summed E-state index contributed by atoms with van der Waals surface area (Å²) in [6.07, 6.45) is -8.33. The van der Waals surface area contributed by atoms with Gasteiger partial charge in [-0.3, -0.25) is 46.8 Å². The summed E-state index contributed by atoms with van der Waals surface area (Å²) in [5.41, 5.74) is 15.9. The van der Waals surface area contributed by atoms with Gasteiger partial charge < -0.3 is 41.6 Å². The van der Waals surface area contributed by atoms with E-state index in [1.165, 1.54) is 10.9 Å². The van der Waals surface area contributed by atoms with Crippen LogP contribution in [0.5, 0.6) is 0 Å². The summed E-state index contributed by atoms with van der Waals surface area (Å²) in [7, 11) is -10.1. The number of hydrogen-bond acceptors (Lipinski definition) is 18. The fourth-order valence-corrected chi connectivity index (χ4v) is 7.40. The maximum atomic E-state index is 13.1. The molecule has 11 N–H and O–H groups in total. The van der Waals surface area contributed by atoms with Crippen LogP contribution in [0.2, 0.25) is 0 Å². The van der Waals surface area contributed by atoms with Crippen LogP contribution in [0.4, 0.5) is 11.9 Å². The van der Waals surface area contributed by atoms with E-state index in [-0.39, 0.29) is 34.2 Å². The van der Waals surface area contributed by atoms with Crippen LogP contribution < -0.4 is 28.3 Å². The van der Waals surface area contributed by atoms with Gasteiger partial charge in [0, 0.05) is 0 Å². The first-order valence-corrected chi connectivity index (χ1v) is 16.2. The van der Waals surface area contributed by atoms with E-state index in [1.54, 1.807) is 0 Å². The van der Waals surface area contributed by atoms with Gasteiger partial charge in [-0.25, -0.2) is 19.1 Å². The smallest absolute Gasteiger partial charge is 0.386 e. The number of aromatic nitrogens is 8. The van der Waals surface area contributed by atoms with E-state index in [0.717, 1.165) is 10.9 Å². The van der Waals surface area contributed by atoms with Crippen molar-refractivity contribution in [1.82, 2.24) is 39.0 Å². The standard InChI is InChI=1S/C20H25N11O13P2/c21-7-11-5(41-17(7)30-3-24-8-13(30)26-19(22)28-15(8)33)1-39-46(37,38)44-12-6(2-40-45(35,36)43-11)42-18(10(12)32)31-4-25-9-14(31)27-20(23)29-16(9)34/h3-7,10-12,17-18,32H,1-2,21H2,(H,35,36)(H,37,38)(H3,22,26,28,33)(H3,23,27,29,34)/t5-,6-,7+,10+,11+,12+,17-,18-/m1/s1. The Labute approximate surface area is 253 Å². The Hall–Kier alpha value is -3.64. The first-order chi connectivity index (χ1) is 21.7. The van der Waals surface area contributed by atoms with Crippen molar-refractivity contribution in [3.05, 3.63) is 33.4 Å². The summed E-state index contributed by atoms with van der Waals surface area (Å²) in [5.74, 6) is -0.510. The average molecular weight is 689 g/mol. The minimum atomic E-state index is -5.06. The summed E-state index contributed by atoms with van der Waals surface area (Å²) in [6.45, 7) is -1.62. The third kappa shape index (κ3) is 5.33. The van der Waals surface area contributed by atoms with Gasteiger partial charge >= 0.3 is 15.6 Å². The minimum Gasteiger partial charge on any atom is -0.386 e. The molecule has 3 fully saturated rings. The summed E-state index contributed by atoms with van der Waals surface area (Å²) in [5, 5.41) is 11.1. The Morgan fingerprint density at radius 1 is 0.804 bits per heavy atom. The Morgan fingerprint density at radius 3 is 1.80 bits per heavy atom. The van der Waals surface area contributed by atoms with Crippen LogP contribution in [0, 0.1) is 0 Å². The predicted molar refractivity (Wildman–Crippen MR) is 148 cm³/mol. The lowest BCUT2D eigenvalue weighted by atomic mass is 10.1. The lowest BCUT2D eigenvalue weighted by molar-refractivity contribution is -0.0662. The van der Waals surface area contributed by atoms with Crippen molar-refractivity contribution in [2.75, 3.05) is 24.7 Å². The summed E-state index contributed by atoms with van der Waals surface area (Å²) >= 11 is 0. The zero-order valence-corrected chi connectivity index (χ0v) is 24.7. The zero-order valence-electron chi connectivity index (χ0n) is 22.9. The highest BCUT2D eigenvalue weighted by atomic mass is 31.2. The minimum absolute atomic E-state index is 0.0405. The highest BCUT2D eigenvalue weighted by Crippen LogP contribution is 2.53. The number of rotatable bonds is 2. The normalized spacial score (nSPS) is 37.1. The zero-order chi connectivity index (χ0) is 32.7. The number of imidazole rings is 2. The van der Waals surface area contributed by atoms with Crippen LogP contribution in [0.1, 0.15) is 12.5 Å². The summed E-state index contributed by atoms with van der Waals surface area (Å²) in [6, 6.07) is -1.29. The maximum Gasteiger partial charge on any atom is 0.472 e. The molecule has 3 saturated heterocycles. The van der Waals surface area contributed by atoms with Gasteiger partial charge in [0.2, 0.25) is 11.9 Å². The molecule has 0 radical (unpaired) electrons. The number of phosphoric acid groups is 2. The molecule has 10 atom stereocenters. The monoisotopic (exact) mass is 689 g/mol. The number of aromatic amines is 2. The lowest BCUT2D eigenvalue weighted by Gasteiger charge is -2.28. The Balaban J connectivity index is 1.18. The SMILES string of the molecule is Nc1nc2c(ncn2[C@@H]2O[C@@H]3COP(=O)(O)O[C@@H]4[C@H](O)[C@H](n5cnc6c(=O)[nH]c(N)nc65)O[C@@H]4COP(=O)(O)O[C@@H]3[C@@H]2N)c(=O)[nH]1. The number of hydrogen-bond donors (Lipinski definition) is 8. The lowest BCUT2D eigenvalue weighted by Crippen LogP contribution is -2.42. The van der Waals surface area contributed by atoms with E-state index in [4.69, 9.17) is 44.8 Å². The fraction of sp³-hybridized carbons (Fsp3) is 0.500. The number of nitrogen functional groups attached to an aromatic ring is 2. The number of anilines is 2. The predicted octanol–water partition coefficient (Wildman–Crippen LogP) is -3.08. The number of ether oxygens (including phenoxy) is 2. The molecule has 0 bridgehead atoms. The molecule has 0 saturated carbocycles. The Morgan fingerprint density at radius 2 is 1.26 bits per heavy atom. The van der Waals surface area contributed by atoms with Crippen molar-refractivity contribution in [1.29, 1.82) is 0 Å². The molecule has 0 aliphatic carbocycles. The maximum absolute atomic E-state index is 13.1. The van der Waals surface area contributed by atoms with Gasteiger partial charge in [-0.05, 0) is 0 Å². The number of fused-ring (bicyclic) bond motifs is 4. The molecule has 248 valence electrons. The van der Waals surface area contributed by atoms with E-state index < -0.39 is 89.0 Å². The number of nitrogens with two attached hydrogens (primary N) is 3. The molecule has 24 nitrogen and oxygen atoms in total. The first kappa shape index (κ1) is 31.0.